The third kappa shape index (κ3) is 4.10. The van der Waals surface area contributed by atoms with Gasteiger partial charge in [-0.2, -0.15) is 0 Å². The molecule has 6 rings (SSSR count). The molecule has 0 bridgehead atoms. The van der Waals surface area contributed by atoms with Gasteiger partial charge in [0.2, 0.25) is 0 Å². The van der Waals surface area contributed by atoms with Crippen LogP contribution in [-0.4, -0.2) is 63.2 Å². The molecule has 1 aliphatic carbocycles. The summed E-state index contributed by atoms with van der Waals surface area (Å²) in [6, 6.07) is 6.27. The first-order chi connectivity index (χ1) is 16.7. The number of fused-ring (bicyclic) bond motifs is 3. The highest BCUT2D eigenvalue weighted by Crippen LogP contribution is 2.37. The Morgan fingerprint density at radius 1 is 1.06 bits per heavy atom. The summed E-state index contributed by atoms with van der Waals surface area (Å²) in [6.45, 7) is 3.76. The van der Waals surface area contributed by atoms with Crippen LogP contribution in [0.1, 0.15) is 25.7 Å². The second kappa shape index (κ2) is 9.09. The monoisotopic (exact) mass is 480 g/mol. The smallest absolute Gasteiger partial charge is 0.143 e. The number of morpholine rings is 1. The van der Waals surface area contributed by atoms with Crippen molar-refractivity contribution < 1.29 is 9.13 Å². The Labute approximate surface area is 201 Å². The normalized spacial score (nSPS) is 21.8. The summed E-state index contributed by atoms with van der Waals surface area (Å²) >= 11 is 6.56. The number of anilines is 1. The van der Waals surface area contributed by atoms with Crippen molar-refractivity contribution in [2.75, 3.05) is 31.6 Å². The van der Waals surface area contributed by atoms with Crippen molar-refractivity contribution in [3.05, 3.63) is 47.8 Å². The van der Waals surface area contributed by atoms with Crippen LogP contribution in [0.15, 0.2) is 36.9 Å². The molecule has 4 aromatic rings. The quantitative estimate of drug-likeness (QED) is 0.427. The molecule has 0 unspecified atom stereocenters. The number of halogens is 2. The first kappa shape index (κ1) is 21.7. The zero-order valence-corrected chi connectivity index (χ0v) is 19.5. The lowest BCUT2D eigenvalue weighted by molar-refractivity contribution is 0.00791. The maximum atomic E-state index is 13.8. The fourth-order valence-corrected chi connectivity index (χ4v) is 5.63. The van der Waals surface area contributed by atoms with Crippen molar-refractivity contribution in [2.45, 2.75) is 37.8 Å². The van der Waals surface area contributed by atoms with Gasteiger partial charge >= 0.3 is 0 Å². The van der Waals surface area contributed by atoms with Crippen molar-refractivity contribution >= 4 is 39.4 Å². The molecule has 0 atom stereocenters. The van der Waals surface area contributed by atoms with Gasteiger partial charge in [0, 0.05) is 53.4 Å². The molecular weight excluding hydrogens is 455 g/mol. The largest absolute Gasteiger partial charge is 0.379 e. The molecule has 0 radical (unpaired) electrons. The summed E-state index contributed by atoms with van der Waals surface area (Å²) in [6.07, 6.45) is 8.93. The number of aromatic amines is 1. The number of ether oxygens (including phenoxy) is 1. The van der Waals surface area contributed by atoms with Crippen LogP contribution in [0.2, 0.25) is 5.02 Å². The van der Waals surface area contributed by atoms with Crippen LogP contribution in [0.5, 0.6) is 0 Å². The average Bonchev–Trinajstić information content (AvgIpc) is 3.22. The second-order valence-corrected chi connectivity index (χ2v) is 9.55. The average molecular weight is 481 g/mol. The van der Waals surface area contributed by atoms with Crippen molar-refractivity contribution in [3.8, 4) is 11.1 Å². The molecule has 1 aliphatic heterocycles. The van der Waals surface area contributed by atoms with Crippen LogP contribution < -0.4 is 5.32 Å². The lowest BCUT2D eigenvalue weighted by Gasteiger charge is -2.39. The zero-order chi connectivity index (χ0) is 23.1. The zero-order valence-electron chi connectivity index (χ0n) is 18.7. The third-order valence-corrected chi connectivity index (χ3v) is 7.41. The first-order valence-electron chi connectivity index (χ1n) is 11.8. The highest BCUT2D eigenvalue weighted by Gasteiger charge is 2.27. The minimum absolute atomic E-state index is 0.361. The predicted octanol–water partition coefficient (Wildman–Crippen LogP) is 5.02. The van der Waals surface area contributed by atoms with Crippen molar-refractivity contribution in [1.29, 1.82) is 0 Å². The number of nitrogens with zero attached hydrogens (tertiary/aromatic N) is 4. The van der Waals surface area contributed by atoms with Gasteiger partial charge in [0.05, 0.1) is 29.8 Å². The number of nitrogens with one attached hydrogen (secondary N) is 2. The Hall–Kier alpha value is -2.81. The van der Waals surface area contributed by atoms with Gasteiger partial charge in [-0.05, 0) is 43.9 Å². The van der Waals surface area contributed by atoms with E-state index < -0.39 is 5.82 Å². The van der Waals surface area contributed by atoms with Crippen LogP contribution in [0.4, 0.5) is 10.2 Å². The minimum atomic E-state index is -0.397. The number of pyridine rings is 1. The van der Waals surface area contributed by atoms with Crippen LogP contribution >= 0.6 is 11.6 Å². The fourth-order valence-electron chi connectivity index (χ4n) is 5.36. The van der Waals surface area contributed by atoms with E-state index in [1.165, 1.54) is 25.1 Å². The van der Waals surface area contributed by atoms with Gasteiger partial charge < -0.3 is 15.0 Å². The number of hydrogen-bond acceptors (Lipinski definition) is 6. The summed E-state index contributed by atoms with van der Waals surface area (Å²) < 4.78 is 19.3. The van der Waals surface area contributed by atoms with Crippen molar-refractivity contribution in [1.82, 2.24) is 24.8 Å². The molecule has 2 N–H and O–H groups in total. The molecule has 7 nitrogen and oxygen atoms in total. The van der Waals surface area contributed by atoms with E-state index >= 15 is 0 Å². The third-order valence-electron chi connectivity index (χ3n) is 7.09. The van der Waals surface area contributed by atoms with Gasteiger partial charge in [-0.3, -0.25) is 9.88 Å². The Morgan fingerprint density at radius 2 is 1.88 bits per heavy atom. The maximum Gasteiger partial charge on any atom is 0.143 e. The van der Waals surface area contributed by atoms with Gasteiger partial charge in [-0.25, -0.2) is 14.4 Å². The van der Waals surface area contributed by atoms with Crippen LogP contribution in [0.3, 0.4) is 0 Å². The van der Waals surface area contributed by atoms with Crippen molar-refractivity contribution in [2.24, 2.45) is 0 Å². The Balaban J connectivity index is 1.30. The van der Waals surface area contributed by atoms with Crippen LogP contribution in [0, 0.1) is 5.82 Å². The van der Waals surface area contributed by atoms with E-state index in [1.54, 1.807) is 12.5 Å². The molecule has 0 spiro atoms. The van der Waals surface area contributed by atoms with Gasteiger partial charge in [0.15, 0.2) is 0 Å². The summed E-state index contributed by atoms with van der Waals surface area (Å²) in [7, 11) is 0. The molecule has 1 saturated carbocycles. The van der Waals surface area contributed by atoms with E-state index in [2.05, 4.69) is 30.2 Å². The number of H-pyrrole nitrogens is 1. The molecule has 9 heteroatoms. The molecule has 176 valence electrons. The summed E-state index contributed by atoms with van der Waals surface area (Å²) in [5.74, 6) is 0.419. The molecule has 0 amide bonds. The van der Waals surface area contributed by atoms with Gasteiger partial charge in [0.25, 0.3) is 0 Å². The lowest BCUT2D eigenvalue weighted by Crippen LogP contribution is -2.46. The highest BCUT2D eigenvalue weighted by atomic mass is 35.5. The predicted molar refractivity (Wildman–Crippen MR) is 132 cm³/mol. The first-order valence-corrected chi connectivity index (χ1v) is 12.2. The number of aromatic nitrogens is 4. The number of rotatable bonds is 4. The van der Waals surface area contributed by atoms with E-state index in [0.29, 0.717) is 22.7 Å². The van der Waals surface area contributed by atoms with E-state index in [-0.39, 0.29) is 0 Å². The highest BCUT2D eigenvalue weighted by molar-refractivity contribution is 6.34. The SMILES string of the molecule is Fc1cncc(-c2cc3c(cc2Cl)[nH]c2ncnc(NC4CCC(N5CCOCC5)CC4)c23)c1. The lowest BCUT2D eigenvalue weighted by atomic mass is 9.90. The molecule has 4 heterocycles. The van der Waals surface area contributed by atoms with Gasteiger partial charge in [-0.1, -0.05) is 11.6 Å². The van der Waals surface area contributed by atoms with E-state index in [9.17, 15) is 4.39 Å². The van der Waals surface area contributed by atoms with E-state index in [1.807, 2.05) is 12.1 Å². The molecule has 1 aromatic carbocycles. The Morgan fingerprint density at radius 3 is 2.68 bits per heavy atom. The maximum absolute atomic E-state index is 13.8. The van der Waals surface area contributed by atoms with Crippen LogP contribution in [0.25, 0.3) is 33.1 Å². The Kier molecular flexibility index (Phi) is 5.80. The Bertz CT molecular complexity index is 1330. The second-order valence-electron chi connectivity index (χ2n) is 9.14. The van der Waals surface area contributed by atoms with E-state index in [0.717, 1.165) is 72.5 Å². The summed E-state index contributed by atoms with van der Waals surface area (Å²) in [4.78, 5) is 19.0. The molecule has 1 saturated heterocycles. The molecule has 2 aliphatic rings. The van der Waals surface area contributed by atoms with Crippen molar-refractivity contribution in [3.63, 3.8) is 0 Å². The van der Waals surface area contributed by atoms with Gasteiger partial charge in [0.1, 0.15) is 23.6 Å². The number of benzene rings is 1. The molecule has 34 heavy (non-hydrogen) atoms. The van der Waals surface area contributed by atoms with E-state index in [4.69, 9.17) is 16.3 Å². The summed E-state index contributed by atoms with van der Waals surface area (Å²) in [5.41, 5.74) is 2.98. The molecule has 3 aromatic heterocycles. The van der Waals surface area contributed by atoms with Gasteiger partial charge in [-0.15, -0.1) is 0 Å². The fraction of sp³-hybridized carbons (Fsp3) is 0.400. The standard InChI is InChI=1S/C25H26ClFN6O/c26-21-11-22-20(10-19(21)15-9-16(27)13-28-12-15)23-24(29-14-30-25(23)32-22)31-17-1-3-18(4-2-17)33-5-7-34-8-6-33/h9-14,17-18H,1-8H2,(H2,29,30,31,32). The number of hydrogen-bond donors (Lipinski definition) is 2. The molecule has 2 fully saturated rings. The molecular formula is C25H26ClFN6O. The minimum Gasteiger partial charge on any atom is -0.379 e. The van der Waals surface area contributed by atoms with Crippen LogP contribution in [-0.2, 0) is 4.74 Å². The summed E-state index contributed by atoms with van der Waals surface area (Å²) in [5, 5.41) is 6.09. The topological polar surface area (TPSA) is 79.0 Å².